The molecule has 0 aliphatic rings. The lowest BCUT2D eigenvalue weighted by Gasteiger charge is -2.08. The number of hydrogen-bond donors (Lipinski definition) is 4. The van der Waals surface area contributed by atoms with Crippen molar-refractivity contribution in [3.05, 3.63) is 181 Å². The summed E-state index contributed by atoms with van der Waals surface area (Å²) in [6.45, 7) is 13.7. The van der Waals surface area contributed by atoms with E-state index in [2.05, 4.69) is 28.3 Å². The van der Waals surface area contributed by atoms with Crippen molar-refractivity contribution in [1.82, 2.24) is 9.97 Å². The Hall–Kier alpha value is -6.96. The molecule has 14 heteroatoms. The highest BCUT2D eigenvalue weighted by Gasteiger charge is 2.09. The van der Waals surface area contributed by atoms with E-state index < -0.39 is 9.85 Å². The Bertz CT molecular complexity index is 1970. The van der Waals surface area contributed by atoms with Gasteiger partial charge in [-0.3, -0.25) is 35.6 Å². The molecule has 0 spiro atoms. The van der Waals surface area contributed by atoms with Gasteiger partial charge in [0, 0.05) is 87.5 Å². The van der Waals surface area contributed by atoms with Crippen molar-refractivity contribution in [3.63, 3.8) is 0 Å². The Labute approximate surface area is 308 Å². The molecule has 0 fully saturated rings. The normalized spacial score (nSPS) is 9.57. The van der Waals surface area contributed by atoms with E-state index in [4.69, 9.17) is 16.1 Å². The Balaban J connectivity index is 0.000000241. The van der Waals surface area contributed by atoms with E-state index in [-0.39, 0.29) is 11.4 Å². The Morgan fingerprint density at radius 1 is 0.585 bits per heavy atom. The molecule has 6 rings (SSSR count). The predicted octanol–water partition coefficient (Wildman–Crippen LogP) is 7.57. The van der Waals surface area contributed by atoms with E-state index in [1.54, 1.807) is 50.0 Å². The van der Waals surface area contributed by atoms with Crippen LogP contribution in [0.25, 0.3) is 0 Å². The molecule has 0 saturated carbocycles. The molecular formula is C39H46N8O6+2. The zero-order chi connectivity index (χ0) is 39.5. The summed E-state index contributed by atoms with van der Waals surface area (Å²) in [6.07, 6.45) is 9.89. The number of nitro groups is 2. The standard InChI is InChI=1S/C13H13N3O2.C7H8N2O2.C7H9N.2C6H8NO/c1-9-5-6-14-13(7-9)15-12-8-11(16(17)18)4-3-10(12)2;1-5-2-3-6(9(10)11)4-7(5)8;1-6-3-4-8-7(2)5-6;2*1-6-2-4-7(8)5-3-6/h3-8H,1-2H3,(H,14,15);2-4H,8H2,1H3;3-5H,1-2H3;2*2-5,8H,1H3/q;;;2*+1. The third-order valence-electron chi connectivity index (χ3n) is 7.10. The molecule has 0 aliphatic heterocycles. The first-order valence-electron chi connectivity index (χ1n) is 16.2. The lowest BCUT2D eigenvalue weighted by molar-refractivity contribution is -0.904. The number of nitro benzene ring substituents is 2. The molecule has 276 valence electrons. The molecule has 0 atom stereocenters. The summed E-state index contributed by atoms with van der Waals surface area (Å²) in [7, 11) is 0. The van der Waals surface area contributed by atoms with Gasteiger partial charge in [-0.2, -0.15) is 0 Å². The fraction of sp³-hybridized carbons (Fsp3) is 0.179. The van der Waals surface area contributed by atoms with Crippen molar-refractivity contribution in [2.75, 3.05) is 11.1 Å². The maximum absolute atomic E-state index is 10.7. The fourth-order valence-electron chi connectivity index (χ4n) is 4.02. The molecule has 53 heavy (non-hydrogen) atoms. The first-order valence-corrected chi connectivity index (χ1v) is 16.2. The number of aromatic nitrogens is 4. The van der Waals surface area contributed by atoms with Crippen molar-refractivity contribution in [2.45, 2.75) is 48.5 Å². The molecule has 0 unspecified atom stereocenters. The predicted molar refractivity (Wildman–Crippen MR) is 203 cm³/mol. The first kappa shape index (κ1) is 42.2. The molecule has 5 N–H and O–H groups in total. The summed E-state index contributed by atoms with van der Waals surface area (Å²) in [6, 6.07) is 24.3. The molecule has 6 aromatic rings. The average molecular weight is 723 g/mol. The Kier molecular flexibility index (Phi) is 17.0. The van der Waals surface area contributed by atoms with Crippen LogP contribution < -0.4 is 20.5 Å². The highest BCUT2D eigenvalue weighted by molar-refractivity contribution is 5.64. The van der Waals surface area contributed by atoms with Crippen LogP contribution in [0, 0.1) is 68.7 Å². The number of hydrogen-bond acceptors (Lipinski definition) is 10. The van der Waals surface area contributed by atoms with Gasteiger partial charge in [-0.15, -0.1) is 0 Å². The van der Waals surface area contributed by atoms with Crippen LogP contribution in [0.15, 0.2) is 122 Å². The van der Waals surface area contributed by atoms with E-state index in [1.807, 2.05) is 83.3 Å². The van der Waals surface area contributed by atoms with Crippen LogP contribution in [-0.4, -0.2) is 30.2 Å². The summed E-state index contributed by atoms with van der Waals surface area (Å²) in [5, 5.41) is 41.4. The monoisotopic (exact) mass is 722 g/mol. The number of nitrogens with zero attached hydrogens (tertiary/aromatic N) is 6. The largest absolute Gasteiger partial charge is 0.398 e. The van der Waals surface area contributed by atoms with Crippen molar-refractivity contribution in [3.8, 4) is 0 Å². The highest BCUT2D eigenvalue weighted by atomic mass is 16.6. The smallest absolute Gasteiger partial charge is 0.271 e. The molecule has 0 aliphatic carbocycles. The maximum atomic E-state index is 10.7. The molecule has 14 nitrogen and oxygen atoms in total. The minimum atomic E-state index is -0.462. The van der Waals surface area contributed by atoms with Crippen molar-refractivity contribution >= 4 is 28.6 Å². The van der Waals surface area contributed by atoms with Gasteiger partial charge in [0.25, 0.3) is 11.4 Å². The molecule has 0 amide bonds. The number of anilines is 3. The molecule has 2 aromatic carbocycles. The maximum Gasteiger partial charge on any atom is 0.271 e. The second kappa shape index (κ2) is 21.3. The SMILES string of the molecule is Cc1cc[n+](O)cc1.Cc1cc[n+](O)cc1.Cc1ccc([N+](=O)[O-])cc1N.Cc1ccnc(C)c1.Cc1ccnc(Nc2cc([N+](=O)[O-])ccc2C)c1. The van der Waals surface area contributed by atoms with E-state index >= 15 is 0 Å². The Morgan fingerprint density at radius 3 is 1.43 bits per heavy atom. The highest BCUT2D eigenvalue weighted by Crippen LogP contribution is 2.24. The zero-order valence-electron chi connectivity index (χ0n) is 30.8. The van der Waals surface area contributed by atoms with Crippen LogP contribution in [0.1, 0.15) is 39.1 Å². The average Bonchev–Trinajstić information content (AvgIpc) is 3.10. The summed E-state index contributed by atoms with van der Waals surface area (Å²) in [4.78, 5) is 28.3. The summed E-state index contributed by atoms with van der Waals surface area (Å²) in [5.74, 6) is 0.679. The fourth-order valence-corrected chi connectivity index (χ4v) is 4.02. The number of nitrogen functional groups attached to an aromatic ring is 1. The zero-order valence-corrected chi connectivity index (χ0v) is 30.8. The quantitative estimate of drug-likeness (QED) is 0.0463. The van der Waals surface area contributed by atoms with Gasteiger partial charge in [-0.05, 0) is 106 Å². The van der Waals surface area contributed by atoms with Crippen LogP contribution in [0.5, 0.6) is 0 Å². The van der Waals surface area contributed by atoms with Crippen LogP contribution in [0.4, 0.5) is 28.6 Å². The molecule has 4 aromatic heterocycles. The van der Waals surface area contributed by atoms with Gasteiger partial charge in [0.2, 0.25) is 24.8 Å². The van der Waals surface area contributed by atoms with Gasteiger partial charge in [0.1, 0.15) is 5.82 Å². The van der Waals surface area contributed by atoms with Gasteiger partial charge >= 0.3 is 0 Å². The minimum absolute atomic E-state index is 0.0353. The second-order valence-corrected chi connectivity index (χ2v) is 11.9. The van der Waals surface area contributed by atoms with Crippen LogP contribution in [-0.2, 0) is 0 Å². The summed E-state index contributed by atoms with van der Waals surface area (Å²) in [5.41, 5.74) is 14.2. The topological polar surface area (TPSA) is 198 Å². The number of aryl methyl sites for hydroxylation is 7. The van der Waals surface area contributed by atoms with Crippen LogP contribution in [0.2, 0.25) is 0 Å². The number of nitrogens with two attached hydrogens (primary N) is 1. The lowest BCUT2D eigenvalue weighted by atomic mass is 10.2. The molecule has 0 bridgehead atoms. The summed E-state index contributed by atoms with van der Waals surface area (Å²) < 4.78 is 2.04. The van der Waals surface area contributed by atoms with Gasteiger partial charge < -0.3 is 11.1 Å². The number of pyridine rings is 4. The van der Waals surface area contributed by atoms with Crippen LogP contribution in [0.3, 0.4) is 0 Å². The molecule has 4 heterocycles. The molecule has 0 radical (unpaired) electrons. The van der Waals surface area contributed by atoms with Crippen molar-refractivity contribution < 1.29 is 29.7 Å². The van der Waals surface area contributed by atoms with Gasteiger partial charge in [0.05, 0.1) is 9.85 Å². The van der Waals surface area contributed by atoms with E-state index in [0.717, 1.165) is 43.0 Å². The number of nitrogens with one attached hydrogen (secondary N) is 1. The van der Waals surface area contributed by atoms with E-state index in [1.165, 1.54) is 29.8 Å². The third-order valence-corrected chi connectivity index (χ3v) is 7.10. The van der Waals surface area contributed by atoms with Crippen LogP contribution >= 0.6 is 0 Å². The van der Waals surface area contributed by atoms with Crippen molar-refractivity contribution in [1.29, 1.82) is 0 Å². The molecular weight excluding hydrogens is 676 g/mol. The second-order valence-electron chi connectivity index (χ2n) is 11.9. The van der Waals surface area contributed by atoms with E-state index in [0.29, 0.717) is 17.2 Å². The minimum Gasteiger partial charge on any atom is -0.398 e. The molecule has 0 saturated heterocycles. The number of non-ortho nitro benzene ring substituents is 2. The van der Waals surface area contributed by atoms with Gasteiger partial charge in [0.15, 0.2) is 0 Å². The van der Waals surface area contributed by atoms with Gasteiger partial charge in [-0.25, -0.2) is 4.98 Å². The van der Waals surface area contributed by atoms with Crippen molar-refractivity contribution in [2.24, 2.45) is 0 Å². The summed E-state index contributed by atoms with van der Waals surface area (Å²) >= 11 is 0. The number of benzene rings is 2. The first-order chi connectivity index (χ1) is 25.0. The number of rotatable bonds is 4. The third kappa shape index (κ3) is 16.5. The lowest BCUT2D eigenvalue weighted by Crippen LogP contribution is -2.27. The van der Waals surface area contributed by atoms with Gasteiger partial charge in [-0.1, -0.05) is 12.1 Å². The van der Waals surface area contributed by atoms with E-state index in [9.17, 15) is 20.2 Å². The Morgan fingerprint density at radius 2 is 1.04 bits per heavy atom.